The molecule has 0 spiro atoms. The number of methoxy groups -OCH3 is 1. The van der Waals surface area contributed by atoms with Crippen LogP contribution in [0.15, 0.2) is 87.6 Å². The van der Waals surface area contributed by atoms with Gasteiger partial charge in [0.05, 0.1) is 17.3 Å². The SMILES string of the molecule is COc1ccc([C@H]2C3=C(Nc4ncnn42)c2ccccc2O[C@@H]3c2cccc(Br)c2)cc1Br. The van der Waals surface area contributed by atoms with E-state index in [-0.39, 0.29) is 12.1 Å². The van der Waals surface area contributed by atoms with Gasteiger partial charge in [-0.15, -0.1) is 0 Å². The lowest BCUT2D eigenvalue weighted by atomic mass is 9.84. The Kier molecular flexibility index (Phi) is 4.99. The summed E-state index contributed by atoms with van der Waals surface area (Å²) in [6, 6.07) is 22.2. The van der Waals surface area contributed by atoms with Crippen molar-refractivity contribution in [1.82, 2.24) is 14.8 Å². The van der Waals surface area contributed by atoms with Crippen LogP contribution < -0.4 is 14.8 Å². The minimum Gasteiger partial charge on any atom is -0.496 e. The maximum atomic E-state index is 6.64. The van der Waals surface area contributed by atoms with Gasteiger partial charge in [0, 0.05) is 15.6 Å². The summed E-state index contributed by atoms with van der Waals surface area (Å²) in [4.78, 5) is 4.49. The van der Waals surface area contributed by atoms with Crippen molar-refractivity contribution in [3.05, 3.63) is 104 Å². The van der Waals surface area contributed by atoms with Gasteiger partial charge in [-0.25, -0.2) is 4.68 Å². The van der Waals surface area contributed by atoms with Gasteiger partial charge in [-0.2, -0.15) is 10.1 Å². The first kappa shape index (κ1) is 20.5. The molecule has 164 valence electrons. The molecule has 0 saturated heterocycles. The number of hydrogen-bond donors (Lipinski definition) is 1. The van der Waals surface area contributed by atoms with E-state index < -0.39 is 0 Å². The maximum absolute atomic E-state index is 6.64. The zero-order valence-electron chi connectivity index (χ0n) is 17.5. The van der Waals surface area contributed by atoms with Crippen molar-refractivity contribution in [3.63, 3.8) is 0 Å². The van der Waals surface area contributed by atoms with E-state index in [1.807, 2.05) is 41.1 Å². The number of fused-ring (bicyclic) bond motifs is 3. The van der Waals surface area contributed by atoms with E-state index in [9.17, 15) is 0 Å². The number of rotatable bonds is 3. The Bertz CT molecular complexity index is 1420. The molecule has 0 unspecified atom stereocenters. The van der Waals surface area contributed by atoms with Gasteiger partial charge in [-0.1, -0.05) is 46.3 Å². The predicted octanol–water partition coefficient (Wildman–Crippen LogP) is 6.37. The summed E-state index contributed by atoms with van der Waals surface area (Å²) in [5.74, 6) is 2.29. The summed E-state index contributed by atoms with van der Waals surface area (Å²) in [5, 5.41) is 8.10. The van der Waals surface area contributed by atoms with Gasteiger partial charge in [0.25, 0.3) is 0 Å². The molecule has 6 nitrogen and oxygen atoms in total. The van der Waals surface area contributed by atoms with Crippen LogP contribution in [-0.4, -0.2) is 21.9 Å². The highest BCUT2D eigenvalue weighted by Gasteiger charge is 2.41. The number of hydrogen-bond acceptors (Lipinski definition) is 5. The zero-order chi connectivity index (χ0) is 22.5. The lowest BCUT2D eigenvalue weighted by Crippen LogP contribution is -2.32. The van der Waals surface area contributed by atoms with Gasteiger partial charge in [0.1, 0.15) is 30.0 Å². The monoisotopic (exact) mass is 564 g/mol. The summed E-state index contributed by atoms with van der Waals surface area (Å²) in [5.41, 5.74) is 5.17. The van der Waals surface area contributed by atoms with Crippen LogP contribution in [0.5, 0.6) is 11.5 Å². The number of anilines is 1. The molecule has 0 amide bonds. The van der Waals surface area contributed by atoms with Crippen molar-refractivity contribution in [2.45, 2.75) is 12.1 Å². The van der Waals surface area contributed by atoms with Crippen molar-refractivity contribution in [2.24, 2.45) is 0 Å². The molecule has 0 fully saturated rings. The smallest absolute Gasteiger partial charge is 0.226 e. The Labute approximate surface area is 207 Å². The molecule has 1 N–H and O–H groups in total. The van der Waals surface area contributed by atoms with Gasteiger partial charge in [0.15, 0.2) is 0 Å². The van der Waals surface area contributed by atoms with Crippen LogP contribution >= 0.6 is 31.9 Å². The van der Waals surface area contributed by atoms with Crippen LogP contribution in [0.4, 0.5) is 5.95 Å². The molecular formula is C25H18Br2N4O2. The summed E-state index contributed by atoms with van der Waals surface area (Å²) in [6.45, 7) is 0. The van der Waals surface area contributed by atoms with Gasteiger partial charge in [0.2, 0.25) is 5.95 Å². The second-order valence-corrected chi connectivity index (χ2v) is 9.60. The molecule has 0 aliphatic carbocycles. The summed E-state index contributed by atoms with van der Waals surface area (Å²) < 4.78 is 15.9. The molecule has 4 aromatic rings. The van der Waals surface area contributed by atoms with Crippen molar-refractivity contribution in [1.29, 1.82) is 0 Å². The van der Waals surface area contributed by atoms with Crippen LogP contribution in [0.25, 0.3) is 5.70 Å². The topological polar surface area (TPSA) is 61.2 Å². The third-order valence-corrected chi connectivity index (χ3v) is 7.08. The van der Waals surface area contributed by atoms with Gasteiger partial charge >= 0.3 is 0 Å². The highest BCUT2D eigenvalue weighted by molar-refractivity contribution is 9.10. The van der Waals surface area contributed by atoms with E-state index in [2.05, 4.69) is 77.6 Å². The fourth-order valence-corrected chi connectivity index (χ4v) is 5.51. The normalized spacial score (nSPS) is 18.5. The van der Waals surface area contributed by atoms with Crippen molar-refractivity contribution < 1.29 is 9.47 Å². The minimum atomic E-state index is -0.317. The fraction of sp³-hybridized carbons (Fsp3) is 0.120. The molecule has 0 bridgehead atoms. The minimum absolute atomic E-state index is 0.224. The molecule has 3 aromatic carbocycles. The van der Waals surface area contributed by atoms with E-state index in [0.29, 0.717) is 5.95 Å². The Balaban J connectivity index is 1.62. The first-order valence-electron chi connectivity index (χ1n) is 10.4. The van der Waals surface area contributed by atoms with E-state index in [1.54, 1.807) is 13.4 Å². The molecule has 6 rings (SSSR count). The van der Waals surface area contributed by atoms with Crippen LogP contribution in [0.3, 0.4) is 0 Å². The Hall–Kier alpha value is -3.10. The molecule has 0 saturated carbocycles. The number of benzene rings is 3. The van der Waals surface area contributed by atoms with E-state index in [0.717, 1.165) is 48.4 Å². The quantitative estimate of drug-likeness (QED) is 0.313. The first-order valence-corrected chi connectivity index (χ1v) is 12.0. The van der Waals surface area contributed by atoms with Gasteiger partial charge < -0.3 is 14.8 Å². The zero-order valence-corrected chi connectivity index (χ0v) is 20.7. The van der Waals surface area contributed by atoms with E-state index in [1.165, 1.54) is 0 Å². The first-order chi connectivity index (χ1) is 16.1. The number of nitrogens with one attached hydrogen (secondary N) is 1. The van der Waals surface area contributed by atoms with Crippen LogP contribution in [0.1, 0.15) is 28.8 Å². The maximum Gasteiger partial charge on any atom is 0.226 e. The second kappa shape index (κ2) is 8.04. The molecule has 1 aromatic heterocycles. The summed E-state index contributed by atoms with van der Waals surface area (Å²) in [7, 11) is 1.66. The number of nitrogens with zero attached hydrogens (tertiary/aromatic N) is 3. The molecule has 2 atom stereocenters. The average molecular weight is 566 g/mol. The Morgan fingerprint density at radius 2 is 1.88 bits per heavy atom. The average Bonchev–Trinajstić information content (AvgIpc) is 3.30. The van der Waals surface area contributed by atoms with Crippen LogP contribution in [0.2, 0.25) is 0 Å². The molecule has 2 aliphatic heterocycles. The molecule has 0 radical (unpaired) electrons. The number of ether oxygens (including phenoxy) is 2. The van der Waals surface area contributed by atoms with Gasteiger partial charge in [-0.3, -0.25) is 0 Å². The molecule has 8 heteroatoms. The lowest BCUT2D eigenvalue weighted by Gasteiger charge is -2.39. The predicted molar refractivity (Wildman–Crippen MR) is 133 cm³/mol. The van der Waals surface area contributed by atoms with Crippen molar-refractivity contribution in [2.75, 3.05) is 12.4 Å². The van der Waals surface area contributed by atoms with Crippen LogP contribution in [-0.2, 0) is 0 Å². The highest BCUT2D eigenvalue weighted by atomic mass is 79.9. The fourth-order valence-electron chi connectivity index (χ4n) is 4.54. The van der Waals surface area contributed by atoms with Crippen molar-refractivity contribution >= 4 is 43.5 Å². The van der Waals surface area contributed by atoms with Gasteiger partial charge in [-0.05, 0) is 63.5 Å². The Morgan fingerprint density at radius 3 is 2.70 bits per heavy atom. The number of halogens is 2. The highest BCUT2D eigenvalue weighted by Crippen LogP contribution is 2.51. The summed E-state index contributed by atoms with van der Waals surface area (Å²) in [6.07, 6.45) is 1.26. The van der Waals surface area contributed by atoms with Crippen molar-refractivity contribution in [3.8, 4) is 11.5 Å². The lowest BCUT2D eigenvalue weighted by molar-refractivity contribution is 0.223. The number of aromatic nitrogens is 3. The van der Waals surface area contributed by atoms with Crippen LogP contribution in [0, 0.1) is 0 Å². The second-order valence-electron chi connectivity index (χ2n) is 7.83. The number of para-hydroxylation sites is 1. The molecular weight excluding hydrogens is 548 g/mol. The largest absolute Gasteiger partial charge is 0.496 e. The molecule has 33 heavy (non-hydrogen) atoms. The summed E-state index contributed by atoms with van der Waals surface area (Å²) >= 11 is 7.27. The molecule has 3 heterocycles. The van der Waals surface area contributed by atoms with E-state index in [4.69, 9.17) is 9.47 Å². The third kappa shape index (κ3) is 3.36. The third-order valence-electron chi connectivity index (χ3n) is 5.96. The molecule has 2 aliphatic rings. The Morgan fingerprint density at radius 1 is 1.00 bits per heavy atom. The standard InChI is InChI=1S/C25H18Br2N4O2/c1-32-20-10-9-14(12-18(20)27)23-21-22(30-25-28-13-29-31(23)25)17-7-2-3-8-19(17)33-24(21)15-5-4-6-16(26)11-15/h2-13,23-24H,1H3,(H,28,29,30)/t23-,24+/m0/s1. The van der Waals surface area contributed by atoms with E-state index >= 15 is 0 Å².